The highest BCUT2D eigenvalue weighted by atomic mass is 16.2. The number of carbonyl (C=O) groups is 2. The second kappa shape index (κ2) is 7.18. The highest BCUT2D eigenvalue weighted by Gasteiger charge is 2.36. The van der Waals surface area contributed by atoms with Crippen LogP contribution in [0.1, 0.15) is 26.7 Å². The molecule has 6 heteroatoms. The first kappa shape index (κ1) is 16.7. The summed E-state index contributed by atoms with van der Waals surface area (Å²) in [7, 11) is 0. The molecule has 0 aromatic carbocycles. The lowest BCUT2D eigenvalue weighted by Gasteiger charge is -2.39. The van der Waals surface area contributed by atoms with Gasteiger partial charge in [0.2, 0.25) is 11.8 Å². The van der Waals surface area contributed by atoms with E-state index >= 15 is 0 Å². The summed E-state index contributed by atoms with van der Waals surface area (Å²) in [5.41, 5.74) is 0. The van der Waals surface area contributed by atoms with Gasteiger partial charge in [-0.15, -0.1) is 0 Å². The van der Waals surface area contributed by atoms with Gasteiger partial charge in [0.1, 0.15) is 0 Å². The zero-order chi connectivity index (χ0) is 16.4. The molecule has 0 aliphatic carbocycles. The lowest BCUT2D eigenvalue weighted by atomic mass is 10.0. The Morgan fingerprint density at radius 2 is 1.57 bits per heavy atom. The molecule has 23 heavy (non-hydrogen) atoms. The van der Waals surface area contributed by atoms with Gasteiger partial charge >= 0.3 is 0 Å². The van der Waals surface area contributed by atoms with Crippen molar-refractivity contribution in [3.8, 4) is 0 Å². The molecule has 3 saturated heterocycles. The monoisotopic (exact) mass is 322 g/mol. The Kier molecular flexibility index (Phi) is 5.21. The fraction of sp³-hybridized carbons (Fsp3) is 0.882. The fourth-order valence-electron chi connectivity index (χ4n) is 4.28. The van der Waals surface area contributed by atoms with Gasteiger partial charge < -0.3 is 9.80 Å². The van der Waals surface area contributed by atoms with E-state index in [9.17, 15) is 9.59 Å². The molecule has 0 radical (unpaired) electrons. The summed E-state index contributed by atoms with van der Waals surface area (Å²) in [6.07, 6.45) is 2.32. The molecule has 2 amide bonds. The quantitative estimate of drug-likeness (QED) is 0.739. The van der Waals surface area contributed by atoms with E-state index in [1.807, 2.05) is 9.80 Å². The van der Waals surface area contributed by atoms with Crippen molar-refractivity contribution in [2.75, 3.05) is 58.9 Å². The minimum Gasteiger partial charge on any atom is -0.342 e. The molecule has 0 N–H and O–H groups in total. The first-order valence-corrected chi connectivity index (χ1v) is 9.04. The summed E-state index contributed by atoms with van der Waals surface area (Å²) in [6.45, 7) is 12.0. The molecule has 6 nitrogen and oxygen atoms in total. The molecule has 2 atom stereocenters. The maximum Gasteiger partial charge on any atom is 0.236 e. The number of likely N-dealkylation sites (tertiary alicyclic amines) is 2. The Hall–Kier alpha value is -1.14. The molecule has 3 fully saturated rings. The van der Waals surface area contributed by atoms with Gasteiger partial charge in [-0.05, 0) is 18.8 Å². The van der Waals surface area contributed by atoms with E-state index < -0.39 is 0 Å². The van der Waals surface area contributed by atoms with Gasteiger partial charge in [-0.2, -0.15) is 0 Å². The molecule has 3 aliphatic rings. The number of nitrogens with zero attached hydrogens (tertiary/aromatic N) is 4. The van der Waals surface area contributed by atoms with Crippen molar-refractivity contribution in [2.45, 2.75) is 32.7 Å². The molecule has 130 valence electrons. The van der Waals surface area contributed by atoms with Crippen molar-refractivity contribution >= 4 is 11.8 Å². The number of carbonyl (C=O) groups excluding carboxylic acids is 2. The van der Waals surface area contributed by atoms with Crippen molar-refractivity contribution in [3.63, 3.8) is 0 Å². The Morgan fingerprint density at radius 3 is 2.17 bits per heavy atom. The zero-order valence-corrected chi connectivity index (χ0v) is 14.5. The molecule has 3 heterocycles. The molecule has 0 aromatic rings. The van der Waals surface area contributed by atoms with Gasteiger partial charge in [-0.3, -0.25) is 19.4 Å². The number of hydrogen-bond donors (Lipinski definition) is 0. The predicted octanol–water partition coefficient (Wildman–Crippen LogP) is 0.0932. The van der Waals surface area contributed by atoms with Crippen molar-refractivity contribution in [1.29, 1.82) is 0 Å². The first-order chi connectivity index (χ1) is 11.0. The molecular weight excluding hydrogens is 292 g/mol. The Morgan fingerprint density at radius 1 is 0.913 bits per heavy atom. The van der Waals surface area contributed by atoms with Crippen LogP contribution in [0.5, 0.6) is 0 Å². The lowest BCUT2D eigenvalue weighted by molar-refractivity contribution is -0.132. The number of hydrogen-bond acceptors (Lipinski definition) is 4. The third kappa shape index (κ3) is 3.86. The van der Waals surface area contributed by atoms with Crippen LogP contribution < -0.4 is 0 Å². The average Bonchev–Trinajstić information content (AvgIpc) is 3.17. The van der Waals surface area contributed by atoms with Crippen molar-refractivity contribution < 1.29 is 9.59 Å². The van der Waals surface area contributed by atoms with Gasteiger partial charge in [0.15, 0.2) is 0 Å². The molecule has 3 rings (SSSR count). The summed E-state index contributed by atoms with van der Waals surface area (Å²) in [5, 5.41) is 0. The summed E-state index contributed by atoms with van der Waals surface area (Å²) in [5.74, 6) is 1.07. The largest absolute Gasteiger partial charge is 0.342 e. The summed E-state index contributed by atoms with van der Waals surface area (Å²) in [4.78, 5) is 32.6. The van der Waals surface area contributed by atoms with E-state index in [1.165, 1.54) is 0 Å². The molecule has 0 saturated carbocycles. The second-order valence-electron chi connectivity index (χ2n) is 7.37. The standard InChI is InChI=1S/C17H30N4O2/c1-14-11-18(13-17(23)21-5-3-4-6-21)12-16(14)20-9-7-19(8-10-20)15(2)22/h14,16H,3-13H2,1-2H3/t14-,16-/m0/s1. The molecule has 0 spiro atoms. The van der Waals surface area contributed by atoms with E-state index in [1.54, 1.807) is 6.92 Å². The average molecular weight is 322 g/mol. The zero-order valence-electron chi connectivity index (χ0n) is 14.5. The SMILES string of the molecule is CC(=O)N1CCN([C@H]2CN(CC(=O)N3CCCC3)C[C@@H]2C)CC1. The Labute approximate surface area is 139 Å². The van der Waals surface area contributed by atoms with Crippen LogP contribution in [0.2, 0.25) is 0 Å². The van der Waals surface area contributed by atoms with E-state index in [0.717, 1.165) is 65.2 Å². The van der Waals surface area contributed by atoms with Crippen LogP contribution in [0.25, 0.3) is 0 Å². The topological polar surface area (TPSA) is 47.1 Å². The summed E-state index contributed by atoms with van der Waals surface area (Å²) < 4.78 is 0. The van der Waals surface area contributed by atoms with Crippen LogP contribution in [0.3, 0.4) is 0 Å². The van der Waals surface area contributed by atoms with Gasteiger partial charge in [0.05, 0.1) is 6.54 Å². The highest BCUT2D eigenvalue weighted by molar-refractivity contribution is 5.78. The Bertz CT molecular complexity index is 442. The van der Waals surface area contributed by atoms with Crippen LogP contribution in [-0.4, -0.2) is 96.4 Å². The highest BCUT2D eigenvalue weighted by Crippen LogP contribution is 2.23. The van der Waals surface area contributed by atoms with E-state index in [2.05, 4.69) is 16.7 Å². The first-order valence-electron chi connectivity index (χ1n) is 9.04. The van der Waals surface area contributed by atoms with Gasteiger partial charge in [-0.25, -0.2) is 0 Å². The fourth-order valence-corrected chi connectivity index (χ4v) is 4.28. The third-order valence-corrected chi connectivity index (χ3v) is 5.69. The van der Waals surface area contributed by atoms with Crippen LogP contribution in [-0.2, 0) is 9.59 Å². The number of rotatable bonds is 3. The van der Waals surface area contributed by atoms with Gasteiger partial charge in [0, 0.05) is 65.3 Å². The molecular formula is C17H30N4O2. The summed E-state index contributed by atoms with van der Waals surface area (Å²) in [6, 6.07) is 0.524. The maximum absolute atomic E-state index is 12.3. The molecule has 3 aliphatic heterocycles. The van der Waals surface area contributed by atoms with E-state index in [-0.39, 0.29) is 5.91 Å². The maximum atomic E-state index is 12.3. The number of piperazine rings is 1. The third-order valence-electron chi connectivity index (χ3n) is 5.69. The van der Waals surface area contributed by atoms with Gasteiger partial charge in [0.25, 0.3) is 0 Å². The van der Waals surface area contributed by atoms with E-state index in [4.69, 9.17) is 0 Å². The smallest absolute Gasteiger partial charge is 0.236 e. The van der Waals surface area contributed by atoms with Crippen LogP contribution >= 0.6 is 0 Å². The Balaban J connectivity index is 1.48. The molecule has 0 aromatic heterocycles. The van der Waals surface area contributed by atoms with Crippen molar-refractivity contribution in [1.82, 2.24) is 19.6 Å². The minimum atomic E-state index is 0.182. The van der Waals surface area contributed by atoms with Crippen molar-refractivity contribution in [2.24, 2.45) is 5.92 Å². The van der Waals surface area contributed by atoms with Gasteiger partial charge in [-0.1, -0.05) is 6.92 Å². The minimum absolute atomic E-state index is 0.182. The number of amides is 2. The molecule has 0 unspecified atom stereocenters. The predicted molar refractivity (Wildman–Crippen MR) is 89.0 cm³/mol. The van der Waals surface area contributed by atoms with E-state index in [0.29, 0.717) is 24.4 Å². The second-order valence-corrected chi connectivity index (χ2v) is 7.37. The van der Waals surface area contributed by atoms with Crippen LogP contribution in [0.15, 0.2) is 0 Å². The van der Waals surface area contributed by atoms with Crippen LogP contribution in [0.4, 0.5) is 0 Å². The lowest BCUT2D eigenvalue weighted by Crippen LogP contribution is -2.53. The summed E-state index contributed by atoms with van der Waals surface area (Å²) >= 11 is 0. The normalized spacial score (nSPS) is 30.2. The molecule has 0 bridgehead atoms. The van der Waals surface area contributed by atoms with Crippen molar-refractivity contribution in [3.05, 3.63) is 0 Å². The van der Waals surface area contributed by atoms with Crippen LogP contribution in [0, 0.1) is 5.92 Å².